The molecule has 0 amide bonds. The zero-order valence-corrected chi connectivity index (χ0v) is 11.2. The van der Waals surface area contributed by atoms with Gasteiger partial charge in [0.2, 0.25) is 11.7 Å². The molecule has 114 valence electrons. The lowest BCUT2D eigenvalue weighted by Gasteiger charge is -2.20. The molecule has 3 rings (SSSR count). The van der Waals surface area contributed by atoms with Crippen molar-refractivity contribution in [2.45, 2.75) is 13.2 Å². The molecule has 1 aromatic heterocycles. The fourth-order valence-corrected chi connectivity index (χ4v) is 2.36. The Hall–Kier alpha value is -3.00. The number of fused-ring (bicyclic) bond motifs is 2. The van der Waals surface area contributed by atoms with Gasteiger partial charge in [-0.2, -0.15) is 0 Å². The summed E-state index contributed by atoms with van der Waals surface area (Å²) in [5.41, 5.74) is -2.16. The van der Waals surface area contributed by atoms with Gasteiger partial charge in [0.05, 0.1) is 5.39 Å². The van der Waals surface area contributed by atoms with E-state index in [0.717, 1.165) is 6.07 Å². The minimum atomic E-state index is -1.62. The van der Waals surface area contributed by atoms with Crippen LogP contribution in [0.5, 0.6) is 11.5 Å². The third-order valence-electron chi connectivity index (χ3n) is 3.29. The molecule has 1 aliphatic heterocycles. The van der Waals surface area contributed by atoms with Gasteiger partial charge in [0, 0.05) is 12.1 Å². The van der Waals surface area contributed by atoms with Crippen LogP contribution in [0.1, 0.15) is 34.9 Å². The van der Waals surface area contributed by atoms with Crippen LogP contribution >= 0.6 is 0 Å². The lowest BCUT2D eigenvalue weighted by atomic mass is 10.0. The van der Waals surface area contributed by atoms with Crippen LogP contribution in [0, 0.1) is 0 Å². The smallest absolute Gasteiger partial charge is 0.340 e. The van der Waals surface area contributed by atoms with Gasteiger partial charge in [-0.15, -0.1) is 0 Å². The molecule has 8 nitrogen and oxygen atoms in total. The molecule has 0 saturated carbocycles. The van der Waals surface area contributed by atoms with E-state index in [1.54, 1.807) is 0 Å². The third-order valence-corrected chi connectivity index (χ3v) is 3.29. The van der Waals surface area contributed by atoms with E-state index in [1.807, 2.05) is 0 Å². The van der Waals surface area contributed by atoms with Crippen molar-refractivity contribution >= 4 is 23.0 Å². The van der Waals surface area contributed by atoms with Crippen LogP contribution in [0.4, 0.5) is 0 Å². The molecule has 0 spiro atoms. The van der Waals surface area contributed by atoms with Gasteiger partial charge < -0.3 is 29.6 Å². The molecule has 0 aliphatic carbocycles. The monoisotopic (exact) mass is 306 g/mol. The van der Waals surface area contributed by atoms with Crippen LogP contribution in [0.3, 0.4) is 0 Å². The molecule has 0 bridgehead atoms. The Kier molecular flexibility index (Phi) is 2.86. The second-order valence-corrected chi connectivity index (χ2v) is 4.73. The van der Waals surface area contributed by atoms with Crippen molar-refractivity contribution in [3.8, 4) is 11.5 Å². The van der Waals surface area contributed by atoms with E-state index in [1.165, 1.54) is 13.0 Å². The molecule has 4 N–H and O–H groups in total. The van der Waals surface area contributed by atoms with E-state index in [0.29, 0.717) is 5.76 Å². The topological polar surface area (TPSA) is 137 Å². The maximum absolute atomic E-state index is 12.5. The molecular weight excluding hydrogens is 296 g/mol. The van der Waals surface area contributed by atoms with Gasteiger partial charge in [0.1, 0.15) is 28.2 Å². The Morgan fingerprint density at radius 3 is 2.64 bits per heavy atom. The number of carboxylic acids is 1. The maximum Gasteiger partial charge on any atom is 0.340 e. The Morgan fingerprint density at radius 1 is 1.32 bits per heavy atom. The highest BCUT2D eigenvalue weighted by molar-refractivity contribution is 6.06. The summed E-state index contributed by atoms with van der Waals surface area (Å²) in [6, 6.07) is 0.934. The van der Waals surface area contributed by atoms with Crippen LogP contribution in [-0.4, -0.2) is 26.4 Å². The van der Waals surface area contributed by atoms with Crippen molar-refractivity contribution in [1.82, 2.24) is 0 Å². The van der Waals surface area contributed by atoms with Gasteiger partial charge in [-0.1, -0.05) is 0 Å². The Morgan fingerprint density at radius 2 is 2.00 bits per heavy atom. The summed E-state index contributed by atoms with van der Waals surface area (Å²) >= 11 is 0. The van der Waals surface area contributed by atoms with Crippen molar-refractivity contribution in [1.29, 1.82) is 0 Å². The van der Waals surface area contributed by atoms with Crippen LogP contribution in [0.25, 0.3) is 17.0 Å². The van der Waals surface area contributed by atoms with Crippen LogP contribution in [-0.2, 0) is 4.74 Å². The average Bonchev–Trinajstić information content (AvgIpc) is 2.39. The molecule has 0 unspecified atom stereocenters. The summed E-state index contributed by atoms with van der Waals surface area (Å²) in [6.07, 6.45) is -0.258. The van der Waals surface area contributed by atoms with Gasteiger partial charge in [-0.05, 0) is 6.92 Å². The van der Waals surface area contributed by atoms with Crippen LogP contribution in [0.15, 0.2) is 21.0 Å². The molecule has 2 heterocycles. The number of carboxylic acid groups (broad SMARTS) is 1. The Labute approximate surface area is 122 Å². The minimum Gasteiger partial charge on any atom is -0.504 e. The Balaban J connectivity index is 2.54. The number of phenolic OH excluding ortho intramolecular Hbond substituents is 1. The predicted molar refractivity (Wildman–Crippen MR) is 72.5 cm³/mol. The second kappa shape index (κ2) is 4.50. The molecule has 1 aliphatic rings. The number of carbonyl (C=O) groups is 1. The number of allylic oxidation sites excluding steroid dienone is 1. The lowest BCUT2D eigenvalue weighted by Crippen LogP contribution is -2.21. The molecule has 8 heteroatoms. The Bertz CT molecular complexity index is 905. The maximum atomic E-state index is 12.5. The second-order valence-electron chi connectivity index (χ2n) is 4.73. The number of hydrogen-bond acceptors (Lipinski definition) is 7. The number of ether oxygens (including phenoxy) is 1. The van der Waals surface area contributed by atoms with E-state index in [9.17, 15) is 24.9 Å². The van der Waals surface area contributed by atoms with Crippen LogP contribution in [0.2, 0.25) is 0 Å². The van der Waals surface area contributed by atoms with Gasteiger partial charge in [0.25, 0.3) is 0 Å². The first-order valence-electron chi connectivity index (χ1n) is 6.13. The molecule has 2 aromatic rings. The summed E-state index contributed by atoms with van der Waals surface area (Å²) in [4.78, 5) is 23.8. The number of aromatic carboxylic acids is 1. The van der Waals surface area contributed by atoms with Crippen molar-refractivity contribution in [3.05, 3.63) is 38.9 Å². The minimum absolute atomic E-state index is 0.00446. The van der Waals surface area contributed by atoms with E-state index in [-0.39, 0.29) is 16.9 Å². The summed E-state index contributed by atoms with van der Waals surface area (Å²) in [5, 5.41) is 37.8. The summed E-state index contributed by atoms with van der Waals surface area (Å²) in [5.74, 6) is -3.02. The summed E-state index contributed by atoms with van der Waals surface area (Å²) in [7, 11) is 0. The number of aliphatic hydroxyl groups excluding tert-OH is 1. The third kappa shape index (κ3) is 1.81. The zero-order chi connectivity index (χ0) is 16.2. The van der Waals surface area contributed by atoms with Gasteiger partial charge in [-0.25, -0.2) is 4.79 Å². The first-order chi connectivity index (χ1) is 10.3. The number of hydrogen-bond donors (Lipinski definition) is 4. The number of phenols is 2. The van der Waals surface area contributed by atoms with Crippen molar-refractivity contribution in [3.63, 3.8) is 0 Å². The van der Waals surface area contributed by atoms with Crippen molar-refractivity contribution < 1.29 is 34.4 Å². The molecular formula is C14H10O8. The molecule has 22 heavy (non-hydrogen) atoms. The lowest BCUT2D eigenvalue weighted by molar-refractivity contribution is -0.0710. The normalized spacial score (nSPS) is 16.8. The van der Waals surface area contributed by atoms with Crippen molar-refractivity contribution in [2.75, 3.05) is 0 Å². The number of benzene rings is 1. The quantitative estimate of drug-likeness (QED) is 0.578. The first kappa shape index (κ1) is 14.0. The molecule has 1 atom stereocenters. The van der Waals surface area contributed by atoms with Gasteiger partial charge >= 0.3 is 5.97 Å². The fraction of sp³-hybridized carbons (Fsp3) is 0.143. The molecule has 0 radical (unpaired) electrons. The SMILES string of the molecule is CC1=Cc2oc3cc(O)c(O)c(C(=O)O)c3c(=O)c2[C@@H](O)O1. The largest absolute Gasteiger partial charge is 0.504 e. The summed E-state index contributed by atoms with van der Waals surface area (Å²) in [6.45, 7) is 1.54. The highest BCUT2D eigenvalue weighted by Crippen LogP contribution is 2.37. The standard InChI is InChI=1S/C14H10O8/c1-4-2-6-9(14(20)21-4)12(17)8-7(22-6)3-5(15)11(16)10(8)13(18)19/h2-3,14-16,20H,1H3,(H,18,19)/t14-/m0/s1. The van der Waals surface area contributed by atoms with Crippen molar-refractivity contribution in [2.24, 2.45) is 0 Å². The summed E-state index contributed by atoms with van der Waals surface area (Å²) < 4.78 is 10.4. The number of aliphatic hydroxyl groups is 1. The van der Waals surface area contributed by atoms with Crippen LogP contribution < -0.4 is 5.43 Å². The molecule has 0 saturated heterocycles. The number of aromatic hydroxyl groups is 2. The highest BCUT2D eigenvalue weighted by Gasteiger charge is 2.30. The highest BCUT2D eigenvalue weighted by atomic mass is 16.6. The van der Waals surface area contributed by atoms with E-state index < -0.39 is 40.1 Å². The zero-order valence-electron chi connectivity index (χ0n) is 11.2. The van der Waals surface area contributed by atoms with Gasteiger partial charge in [0.15, 0.2) is 11.5 Å². The van der Waals surface area contributed by atoms with E-state index in [2.05, 4.69) is 0 Å². The number of rotatable bonds is 1. The average molecular weight is 306 g/mol. The first-order valence-corrected chi connectivity index (χ1v) is 6.13. The molecule has 0 fully saturated rings. The van der Waals surface area contributed by atoms with Gasteiger partial charge in [-0.3, -0.25) is 4.79 Å². The molecule has 1 aromatic carbocycles. The van der Waals surface area contributed by atoms with E-state index in [4.69, 9.17) is 14.3 Å². The fourth-order valence-electron chi connectivity index (χ4n) is 2.36. The predicted octanol–water partition coefficient (Wildman–Crippen LogP) is 1.28. The van der Waals surface area contributed by atoms with E-state index >= 15 is 0 Å².